The van der Waals surface area contributed by atoms with Gasteiger partial charge < -0.3 is 5.11 Å². The number of aliphatic hydroxyl groups is 1. The number of aliphatic hydroxyl groups excluding tert-OH is 1. The van der Waals surface area contributed by atoms with Crippen LogP contribution in [0.25, 0.3) is 0 Å². The van der Waals surface area contributed by atoms with Crippen LogP contribution >= 0.6 is 0 Å². The van der Waals surface area contributed by atoms with Crippen molar-refractivity contribution < 1.29 is 9.90 Å². The topological polar surface area (TPSA) is 37.3 Å². The molecule has 8 atom stereocenters. The summed E-state index contributed by atoms with van der Waals surface area (Å²) in [6, 6.07) is 0. The standard InChI is InChI=1S/C27H40O2/c1-17(2)25(29)11-6-18(3)22-9-10-23-21-8-7-19-16-20(28)12-14-26(19,4)24(21)13-15-27(22,23)5/h7-8,12,14,16-18,21-25,29H,6,9-11,13,15H2,1-5H3/t18-,21+,22-,23+,24+,25?,26+,27-/m1/s1. The molecule has 0 saturated heterocycles. The molecule has 2 fully saturated rings. The van der Waals surface area contributed by atoms with Gasteiger partial charge in [-0.25, -0.2) is 0 Å². The van der Waals surface area contributed by atoms with Gasteiger partial charge in [0.25, 0.3) is 0 Å². The van der Waals surface area contributed by atoms with E-state index in [1.807, 2.05) is 6.08 Å². The van der Waals surface area contributed by atoms with Crippen LogP contribution < -0.4 is 0 Å². The van der Waals surface area contributed by atoms with Crippen LogP contribution in [0.2, 0.25) is 0 Å². The zero-order valence-corrected chi connectivity index (χ0v) is 19.0. The Kier molecular flexibility index (Phi) is 5.47. The number of rotatable bonds is 5. The fourth-order valence-corrected chi connectivity index (χ4v) is 7.59. The number of hydrogen-bond acceptors (Lipinski definition) is 2. The first-order valence-corrected chi connectivity index (χ1v) is 12.0. The molecule has 4 aliphatic carbocycles. The van der Waals surface area contributed by atoms with E-state index in [-0.39, 0.29) is 17.3 Å². The van der Waals surface area contributed by atoms with Crippen molar-refractivity contribution in [2.45, 2.75) is 79.2 Å². The van der Waals surface area contributed by atoms with Crippen molar-refractivity contribution in [3.63, 3.8) is 0 Å². The van der Waals surface area contributed by atoms with Gasteiger partial charge >= 0.3 is 0 Å². The van der Waals surface area contributed by atoms with Crippen molar-refractivity contribution in [2.24, 2.45) is 46.3 Å². The van der Waals surface area contributed by atoms with E-state index >= 15 is 0 Å². The Bertz CT molecular complexity index is 744. The van der Waals surface area contributed by atoms with Crippen LogP contribution in [0.3, 0.4) is 0 Å². The zero-order valence-electron chi connectivity index (χ0n) is 19.0. The number of carbonyl (C=O) groups is 1. The quantitative estimate of drug-likeness (QED) is 0.608. The average Bonchev–Trinajstić information content (AvgIpc) is 3.03. The summed E-state index contributed by atoms with van der Waals surface area (Å²) in [6.07, 6.45) is 17.7. The van der Waals surface area contributed by atoms with Gasteiger partial charge in [-0.1, -0.05) is 52.8 Å². The molecule has 4 aliphatic rings. The molecule has 29 heavy (non-hydrogen) atoms. The van der Waals surface area contributed by atoms with Crippen LogP contribution in [0.1, 0.15) is 73.1 Å². The summed E-state index contributed by atoms with van der Waals surface area (Å²) < 4.78 is 0. The minimum atomic E-state index is -0.162. The molecule has 0 aliphatic heterocycles. The predicted octanol–water partition coefficient (Wildman–Crippen LogP) is 6.12. The van der Waals surface area contributed by atoms with Gasteiger partial charge in [-0.3, -0.25) is 4.79 Å². The Labute approximate surface area is 177 Å². The molecule has 0 amide bonds. The van der Waals surface area contributed by atoms with Gasteiger partial charge in [-0.15, -0.1) is 0 Å². The molecule has 0 radical (unpaired) electrons. The van der Waals surface area contributed by atoms with Crippen LogP contribution in [0.15, 0.2) is 36.0 Å². The van der Waals surface area contributed by atoms with Gasteiger partial charge in [0, 0.05) is 5.41 Å². The molecular formula is C27H40O2. The largest absolute Gasteiger partial charge is 0.393 e. The molecule has 0 heterocycles. The molecule has 160 valence electrons. The van der Waals surface area contributed by atoms with Crippen LogP contribution in [-0.2, 0) is 4.79 Å². The summed E-state index contributed by atoms with van der Waals surface area (Å²) in [6.45, 7) is 11.6. The SMILES string of the molecule is CC(C)C(O)CC[C@@H](C)[C@H]1CC[C@H]2[C@@H]3C=CC4=CC(=O)C=C[C@]4(C)[C@H]3CC[C@]12C. The molecule has 1 unspecified atom stereocenters. The minimum absolute atomic E-state index is 0.0275. The first kappa shape index (κ1) is 21.1. The first-order valence-electron chi connectivity index (χ1n) is 12.0. The summed E-state index contributed by atoms with van der Waals surface area (Å²) in [5.74, 6) is 3.96. The lowest BCUT2D eigenvalue weighted by molar-refractivity contribution is -0.110. The molecule has 4 rings (SSSR count). The second-order valence-electron chi connectivity index (χ2n) is 11.4. The molecule has 2 heteroatoms. The Morgan fingerprint density at radius 1 is 1.07 bits per heavy atom. The lowest BCUT2D eigenvalue weighted by atomic mass is 9.49. The molecule has 0 bridgehead atoms. The molecule has 2 saturated carbocycles. The van der Waals surface area contributed by atoms with E-state index in [9.17, 15) is 9.90 Å². The van der Waals surface area contributed by atoms with Crippen LogP contribution in [0, 0.1) is 46.3 Å². The number of fused-ring (bicyclic) bond motifs is 5. The van der Waals surface area contributed by atoms with Gasteiger partial charge in [0.2, 0.25) is 0 Å². The number of ketones is 1. The Hall–Kier alpha value is -1.15. The third-order valence-corrected chi connectivity index (χ3v) is 9.56. The smallest absolute Gasteiger partial charge is 0.178 e. The second kappa shape index (κ2) is 7.52. The predicted molar refractivity (Wildman–Crippen MR) is 119 cm³/mol. The first-order chi connectivity index (χ1) is 13.7. The summed E-state index contributed by atoms with van der Waals surface area (Å²) in [5, 5.41) is 10.3. The fourth-order valence-electron chi connectivity index (χ4n) is 7.59. The van der Waals surface area contributed by atoms with Crippen molar-refractivity contribution in [2.75, 3.05) is 0 Å². The highest BCUT2D eigenvalue weighted by molar-refractivity contribution is 6.01. The molecule has 0 spiro atoms. The van der Waals surface area contributed by atoms with Gasteiger partial charge in [0.15, 0.2) is 5.78 Å². The van der Waals surface area contributed by atoms with Crippen LogP contribution in [0.5, 0.6) is 0 Å². The summed E-state index contributed by atoms with van der Waals surface area (Å²) >= 11 is 0. The molecular weight excluding hydrogens is 356 g/mol. The average molecular weight is 397 g/mol. The van der Waals surface area contributed by atoms with E-state index < -0.39 is 0 Å². The number of hydrogen-bond donors (Lipinski definition) is 1. The van der Waals surface area contributed by atoms with Gasteiger partial charge in [-0.2, -0.15) is 0 Å². The van der Waals surface area contributed by atoms with Gasteiger partial charge in [0.1, 0.15) is 0 Å². The maximum absolute atomic E-state index is 11.9. The highest BCUT2D eigenvalue weighted by Gasteiger charge is 2.58. The van der Waals surface area contributed by atoms with Crippen molar-refractivity contribution in [1.82, 2.24) is 0 Å². The number of allylic oxidation sites excluding steroid dienone is 6. The molecule has 2 nitrogen and oxygen atoms in total. The minimum Gasteiger partial charge on any atom is -0.393 e. The highest BCUT2D eigenvalue weighted by atomic mass is 16.3. The molecule has 0 aromatic carbocycles. The van der Waals surface area contributed by atoms with Gasteiger partial charge in [0.05, 0.1) is 6.10 Å². The van der Waals surface area contributed by atoms with Crippen LogP contribution in [0.4, 0.5) is 0 Å². The highest BCUT2D eigenvalue weighted by Crippen LogP contribution is 2.65. The van der Waals surface area contributed by atoms with E-state index in [0.717, 1.165) is 24.7 Å². The molecule has 0 aromatic heterocycles. The molecule has 1 N–H and O–H groups in total. The van der Waals surface area contributed by atoms with E-state index in [2.05, 4.69) is 52.8 Å². The van der Waals surface area contributed by atoms with Gasteiger partial charge in [-0.05, 0) is 97.2 Å². The maximum atomic E-state index is 11.9. The van der Waals surface area contributed by atoms with Crippen LogP contribution in [-0.4, -0.2) is 17.0 Å². The summed E-state index contributed by atoms with van der Waals surface area (Å²) in [7, 11) is 0. The molecule has 0 aromatic rings. The summed E-state index contributed by atoms with van der Waals surface area (Å²) in [5.41, 5.74) is 1.67. The van der Waals surface area contributed by atoms with E-state index in [0.29, 0.717) is 29.1 Å². The summed E-state index contributed by atoms with van der Waals surface area (Å²) in [4.78, 5) is 11.9. The lowest BCUT2D eigenvalue weighted by Gasteiger charge is -2.55. The third kappa shape index (κ3) is 3.40. The zero-order chi connectivity index (χ0) is 21.0. The van der Waals surface area contributed by atoms with E-state index in [1.54, 1.807) is 6.08 Å². The normalized spacial score (nSPS) is 42.9. The second-order valence-corrected chi connectivity index (χ2v) is 11.4. The fraction of sp³-hybridized carbons (Fsp3) is 0.741. The maximum Gasteiger partial charge on any atom is 0.178 e. The monoisotopic (exact) mass is 396 g/mol. The van der Waals surface area contributed by atoms with Crippen molar-refractivity contribution in [3.8, 4) is 0 Å². The third-order valence-electron chi connectivity index (χ3n) is 9.56. The van der Waals surface area contributed by atoms with Crippen molar-refractivity contribution in [1.29, 1.82) is 0 Å². The Morgan fingerprint density at radius 3 is 2.55 bits per heavy atom. The van der Waals surface area contributed by atoms with Crippen molar-refractivity contribution in [3.05, 3.63) is 36.0 Å². The van der Waals surface area contributed by atoms with E-state index in [1.165, 1.54) is 31.3 Å². The lowest BCUT2D eigenvalue weighted by Crippen LogP contribution is -2.48. The van der Waals surface area contributed by atoms with Crippen molar-refractivity contribution >= 4 is 5.78 Å². The Balaban J connectivity index is 1.53. The number of carbonyl (C=O) groups excluding carboxylic acids is 1. The van der Waals surface area contributed by atoms with E-state index in [4.69, 9.17) is 0 Å². The Morgan fingerprint density at radius 2 is 1.83 bits per heavy atom.